The molecule has 1 fully saturated rings. The van der Waals surface area contributed by atoms with E-state index < -0.39 is 11.9 Å². The number of carboxylic acids is 1. The van der Waals surface area contributed by atoms with Crippen molar-refractivity contribution in [2.24, 2.45) is 5.92 Å². The van der Waals surface area contributed by atoms with Gasteiger partial charge in [-0.05, 0) is 44.0 Å². The third-order valence-electron chi connectivity index (χ3n) is 4.52. The van der Waals surface area contributed by atoms with Crippen molar-refractivity contribution in [3.63, 3.8) is 0 Å². The number of rotatable bonds is 6. The predicted molar refractivity (Wildman–Crippen MR) is 102 cm³/mol. The second kappa shape index (κ2) is 9.62. The fraction of sp³-hybridized carbons (Fsp3) is 0.526. The number of benzene rings is 1. The van der Waals surface area contributed by atoms with Gasteiger partial charge in [0.2, 0.25) is 11.8 Å². The summed E-state index contributed by atoms with van der Waals surface area (Å²) in [7, 11) is 0. The van der Waals surface area contributed by atoms with Gasteiger partial charge in [0, 0.05) is 23.5 Å². The number of nitrogens with one attached hydrogen (secondary N) is 2. The van der Waals surface area contributed by atoms with E-state index in [0.29, 0.717) is 18.5 Å². The van der Waals surface area contributed by atoms with Crippen molar-refractivity contribution >= 4 is 35.2 Å². The first-order chi connectivity index (χ1) is 12.4. The number of hydrogen-bond acceptors (Lipinski definition) is 4. The van der Waals surface area contributed by atoms with Crippen molar-refractivity contribution in [1.29, 1.82) is 0 Å². The van der Waals surface area contributed by atoms with E-state index in [0.717, 1.165) is 24.2 Å². The van der Waals surface area contributed by atoms with E-state index in [2.05, 4.69) is 10.6 Å². The van der Waals surface area contributed by atoms with Crippen LogP contribution in [0.4, 0.5) is 5.69 Å². The summed E-state index contributed by atoms with van der Waals surface area (Å²) in [6, 6.07) is 6.99. The maximum absolute atomic E-state index is 12.5. The van der Waals surface area contributed by atoms with E-state index in [1.807, 2.05) is 19.1 Å². The topological polar surface area (TPSA) is 95.5 Å². The highest BCUT2D eigenvalue weighted by Gasteiger charge is 2.31. The Bertz CT molecular complexity index is 647. The number of amides is 2. The Morgan fingerprint density at radius 2 is 1.77 bits per heavy atom. The van der Waals surface area contributed by atoms with E-state index in [1.54, 1.807) is 12.1 Å². The highest BCUT2D eigenvalue weighted by Crippen LogP contribution is 2.27. The number of carboxylic acid groups (broad SMARTS) is 1. The lowest BCUT2D eigenvalue weighted by Gasteiger charge is -2.24. The summed E-state index contributed by atoms with van der Waals surface area (Å²) < 4.78 is 0. The van der Waals surface area contributed by atoms with Crippen molar-refractivity contribution in [3.8, 4) is 0 Å². The average molecular weight is 378 g/mol. The van der Waals surface area contributed by atoms with Gasteiger partial charge in [0.1, 0.15) is 0 Å². The van der Waals surface area contributed by atoms with E-state index in [4.69, 9.17) is 0 Å². The van der Waals surface area contributed by atoms with Crippen LogP contribution < -0.4 is 10.6 Å². The summed E-state index contributed by atoms with van der Waals surface area (Å²) in [5.74, 6) is -1.60. The van der Waals surface area contributed by atoms with Gasteiger partial charge >= 0.3 is 5.97 Å². The minimum atomic E-state index is -0.828. The Morgan fingerprint density at radius 3 is 2.38 bits per heavy atom. The van der Waals surface area contributed by atoms with Crippen molar-refractivity contribution in [2.45, 2.75) is 62.1 Å². The second-order valence-electron chi connectivity index (χ2n) is 6.66. The first-order valence-electron chi connectivity index (χ1n) is 8.94. The summed E-state index contributed by atoms with van der Waals surface area (Å²) >= 11 is 1.41. The summed E-state index contributed by atoms with van der Waals surface area (Å²) in [5.41, 5.74) is 0.710. The largest absolute Gasteiger partial charge is 0.481 e. The molecular formula is C19H26N2O4S. The summed E-state index contributed by atoms with van der Waals surface area (Å²) in [6.07, 6.45) is 4.19. The molecule has 0 saturated heterocycles. The lowest BCUT2D eigenvalue weighted by molar-refractivity contribution is -0.143. The quantitative estimate of drug-likeness (QED) is 0.521. The lowest BCUT2D eigenvalue weighted by Crippen LogP contribution is -2.45. The van der Waals surface area contributed by atoms with E-state index in [9.17, 15) is 19.5 Å². The van der Waals surface area contributed by atoms with Crippen LogP contribution >= 0.6 is 11.8 Å². The van der Waals surface area contributed by atoms with Crippen molar-refractivity contribution in [1.82, 2.24) is 5.32 Å². The van der Waals surface area contributed by atoms with Gasteiger partial charge in [0.15, 0.2) is 0 Å². The van der Waals surface area contributed by atoms with Crippen LogP contribution in [0.1, 0.15) is 46.0 Å². The van der Waals surface area contributed by atoms with Gasteiger partial charge in [-0.15, -0.1) is 11.8 Å². The zero-order valence-corrected chi connectivity index (χ0v) is 16.0. The van der Waals surface area contributed by atoms with Crippen molar-refractivity contribution < 1.29 is 19.5 Å². The molecular weight excluding hydrogens is 352 g/mol. The van der Waals surface area contributed by atoms with Crippen LogP contribution in [-0.4, -0.2) is 34.2 Å². The molecule has 0 heterocycles. The van der Waals surface area contributed by atoms with Gasteiger partial charge in [0.25, 0.3) is 0 Å². The minimum Gasteiger partial charge on any atom is -0.481 e. The minimum absolute atomic E-state index is 0.130. The average Bonchev–Trinajstić information content (AvgIpc) is 2.81. The standard InChI is InChI=1S/C19H26N2O4S/c1-12(26-15-10-8-14(9-11-15)20-13(2)22)18(23)21-17-7-5-3-4-6-16(17)19(24)25/h8-12,16-17H,3-7H2,1-2H3,(H,20,22)(H,21,23)(H,24,25)/t12?,16-,17+/m1/s1. The van der Waals surface area contributed by atoms with Crippen LogP contribution in [0.15, 0.2) is 29.2 Å². The zero-order valence-electron chi connectivity index (χ0n) is 15.2. The summed E-state index contributed by atoms with van der Waals surface area (Å²) in [6.45, 7) is 3.27. The highest BCUT2D eigenvalue weighted by atomic mass is 32.2. The molecule has 1 aromatic rings. The second-order valence-corrected chi connectivity index (χ2v) is 8.08. The predicted octanol–water partition coefficient (Wildman–Crippen LogP) is 3.28. The molecule has 0 bridgehead atoms. The highest BCUT2D eigenvalue weighted by molar-refractivity contribution is 8.00. The van der Waals surface area contributed by atoms with E-state index >= 15 is 0 Å². The molecule has 1 aliphatic carbocycles. The van der Waals surface area contributed by atoms with Crippen LogP contribution in [0.3, 0.4) is 0 Å². The molecule has 0 aromatic heterocycles. The Hall–Kier alpha value is -2.02. The molecule has 7 heteroatoms. The Morgan fingerprint density at radius 1 is 1.12 bits per heavy atom. The Balaban J connectivity index is 1.93. The van der Waals surface area contributed by atoms with Crippen LogP contribution in [0.5, 0.6) is 0 Å². The number of anilines is 1. The molecule has 1 unspecified atom stereocenters. The molecule has 26 heavy (non-hydrogen) atoms. The monoisotopic (exact) mass is 378 g/mol. The third-order valence-corrected chi connectivity index (χ3v) is 5.63. The lowest BCUT2D eigenvalue weighted by atomic mass is 9.95. The number of hydrogen-bond donors (Lipinski definition) is 3. The van der Waals surface area contributed by atoms with Crippen LogP contribution in [0, 0.1) is 5.92 Å². The molecule has 2 amide bonds. The SMILES string of the molecule is CC(=O)Nc1ccc(SC(C)C(=O)N[C@H]2CCCCC[C@H]2C(=O)O)cc1. The van der Waals surface area contributed by atoms with Crippen LogP contribution in [0.2, 0.25) is 0 Å². The summed E-state index contributed by atoms with van der Waals surface area (Å²) in [4.78, 5) is 36.0. The van der Waals surface area contributed by atoms with Crippen LogP contribution in [-0.2, 0) is 14.4 Å². The van der Waals surface area contributed by atoms with Gasteiger partial charge in [-0.3, -0.25) is 14.4 Å². The number of carbonyl (C=O) groups excluding carboxylic acids is 2. The molecule has 0 radical (unpaired) electrons. The van der Waals surface area contributed by atoms with E-state index in [1.165, 1.54) is 18.7 Å². The fourth-order valence-corrected chi connectivity index (χ4v) is 4.03. The smallest absolute Gasteiger partial charge is 0.308 e. The van der Waals surface area contributed by atoms with E-state index in [-0.39, 0.29) is 23.1 Å². The number of aliphatic carboxylic acids is 1. The van der Waals surface area contributed by atoms with Gasteiger partial charge in [-0.25, -0.2) is 0 Å². The Labute approximate surface area is 158 Å². The zero-order chi connectivity index (χ0) is 19.1. The maximum Gasteiger partial charge on any atom is 0.308 e. The van der Waals surface area contributed by atoms with Crippen molar-refractivity contribution in [3.05, 3.63) is 24.3 Å². The van der Waals surface area contributed by atoms with Gasteiger partial charge in [0.05, 0.1) is 11.2 Å². The molecule has 1 aliphatic rings. The first kappa shape index (κ1) is 20.3. The van der Waals surface area contributed by atoms with Gasteiger partial charge < -0.3 is 15.7 Å². The van der Waals surface area contributed by atoms with Crippen LogP contribution in [0.25, 0.3) is 0 Å². The van der Waals surface area contributed by atoms with Gasteiger partial charge in [-0.2, -0.15) is 0 Å². The summed E-state index contributed by atoms with van der Waals surface area (Å²) in [5, 5.41) is 14.7. The van der Waals surface area contributed by atoms with Gasteiger partial charge in [-0.1, -0.05) is 19.3 Å². The molecule has 1 aromatic carbocycles. The number of carbonyl (C=O) groups is 3. The first-order valence-corrected chi connectivity index (χ1v) is 9.82. The molecule has 3 atom stereocenters. The molecule has 1 saturated carbocycles. The number of thioether (sulfide) groups is 1. The molecule has 6 nitrogen and oxygen atoms in total. The maximum atomic E-state index is 12.5. The van der Waals surface area contributed by atoms with Crippen molar-refractivity contribution in [2.75, 3.05) is 5.32 Å². The molecule has 3 N–H and O–H groups in total. The molecule has 0 spiro atoms. The molecule has 142 valence electrons. The molecule has 2 rings (SSSR count). The fourth-order valence-electron chi connectivity index (χ4n) is 3.15. The molecule has 0 aliphatic heterocycles. The Kier molecular flexibility index (Phi) is 7.50. The normalized spacial score (nSPS) is 21.3. The third kappa shape index (κ3) is 6.05.